The van der Waals surface area contributed by atoms with Gasteiger partial charge in [0.15, 0.2) is 5.82 Å². The van der Waals surface area contributed by atoms with Gasteiger partial charge in [0.1, 0.15) is 6.04 Å². The topological polar surface area (TPSA) is 149 Å². The number of hydrogen-bond donors (Lipinski definition) is 4. The first-order chi connectivity index (χ1) is 10.8. The minimum absolute atomic E-state index is 0.0243. The SMILES string of the molecule is CC(=O)N[C@@H](CSCC(CC(=O)O)C(=O)c1ncc[nH]1)C(=O)O. The molecule has 1 heterocycles. The Morgan fingerprint density at radius 3 is 2.48 bits per heavy atom. The average molecular weight is 343 g/mol. The first kappa shape index (κ1) is 18.7. The molecule has 4 N–H and O–H groups in total. The zero-order valence-electron chi connectivity index (χ0n) is 12.3. The highest BCUT2D eigenvalue weighted by molar-refractivity contribution is 7.99. The van der Waals surface area contributed by atoms with E-state index in [-0.39, 0.29) is 23.8 Å². The van der Waals surface area contributed by atoms with Crippen LogP contribution in [0.2, 0.25) is 0 Å². The zero-order valence-corrected chi connectivity index (χ0v) is 13.1. The molecule has 1 rings (SSSR count). The number of carbonyl (C=O) groups is 4. The number of aromatic amines is 1. The van der Waals surface area contributed by atoms with Gasteiger partial charge in [-0.3, -0.25) is 14.4 Å². The number of ketones is 1. The second-order valence-electron chi connectivity index (χ2n) is 4.73. The number of Topliss-reactive ketones (excluding diaryl/α,β-unsaturated/α-hetero) is 1. The van der Waals surface area contributed by atoms with E-state index in [1.807, 2.05) is 0 Å². The first-order valence-electron chi connectivity index (χ1n) is 6.64. The van der Waals surface area contributed by atoms with Gasteiger partial charge in [-0.2, -0.15) is 11.8 Å². The Bertz CT molecular complexity index is 574. The second kappa shape index (κ2) is 8.93. The summed E-state index contributed by atoms with van der Waals surface area (Å²) in [6.07, 6.45) is 2.45. The molecular weight excluding hydrogens is 326 g/mol. The Morgan fingerprint density at radius 1 is 1.30 bits per heavy atom. The lowest BCUT2D eigenvalue weighted by Crippen LogP contribution is -2.41. The molecule has 0 spiro atoms. The van der Waals surface area contributed by atoms with E-state index in [0.29, 0.717) is 0 Å². The molecule has 0 aliphatic carbocycles. The number of H-pyrrole nitrogens is 1. The average Bonchev–Trinajstić information content (AvgIpc) is 2.97. The van der Waals surface area contributed by atoms with E-state index >= 15 is 0 Å². The fourth-order valence-corrected chi connectivity index (χ4v) is 2.93. The largest absolute Gasteiger partial charge is 0.481 e. The van der Waals surface area contributed by atoms with Crippen molar-refractivity contribution in [1.29, 1.82) is 0 Å². The van der Waals surface area contributed by atoms with Gasteiger partial charge in [-0.1, -0.05) is 0 Å². The second-order valence-corrected chi connectivity index (χ2v) is 5.80. The number of hydrogen-bond acceptors (Lipinski definition) is 6. The molecule has 1 amide bonds. The van der Waals surface area contributed by atoms with Gasteiger partial charge in [0, 0.05) is 36.7 Å². The highest BCUT2D eigenvalue weighted by Crippen LogP contribution is 2.17. The number of rotatable bonds is 10. The van der Waals surface area contributed by atoms with Crippen molar-refractivity contribution in [2.24, 2.45) is 5.92 Å². The van der Waals surface area contributed by atoms with Gasteiger partial charge in [0.25, 0.3) is 0 Å². The van der Waals surface area contributed by atoms with Gasteiger partial charge in [-0.25, -0.2) is 9.78 Å². The Balaban J connectivity index is 2.63. The molecule has 0 aromatic carbocycles. The number of nitrogens with one attached hydrogen (secondary N) is 2. The molecule has 0 bridgehead atoms. The third-order valence-corrected chi connectivity index (χ3v) is 4.01. The van der Waals surface area contributed by atoms with E-state index in [1.54, 1.807) is 0 Å². The van der Waals surface area contributed by atoms with Crippen LogP contribution < -0.4 is 5.32 Å². The number of amides is 1. The molecule has 0 aliphatic heterocycles. The standard InChI is InChI=1S/C13H17N3O6S/c1-7(17)16-9(13(21)22)6-23-5-8(4-10(18)19)11(20)12-14-2-3-15-12/h2-3,8-9H,4-6H2,1H3,(H,14,15)(H,16,17)(H,18,19)(H,21,22)/t8?,9-/m0/s1. The molecule has 126 valence electrons. The van der Waals surface area contributed by atoms with Crippen LogP contribution in [0.15, 0.2) is 12.4 Å². The van der Waals surface area contributed by atoms with E-state index < -0.39 is 35.6 Å². The van der Waals surface area contributed by atoms with Gasteiger partial charge in [0.05, 0.1) is 6.42 Å². The summed E-state index contributed by atoms with van der Waals surface area (Å²) >= 11 is 1.09. The monoisotopic (exact) mass is 343 g/mol. The number of carboxylic acid groups (broad SMARTS) is 2. The van der Waals surface area contributed by atoms with Crippen molar-refractivity contribution >= 4 is 35.4 Å². The van der Waals surface area contributed by atoms with Crippen LogP contribution in [0.1, 0.15) is 24.0 Å². The van der Waals surface area contributed by atoms with E-state index in [1.165, 1.54) is 19.3 Å². The van der Waals surface area contributed by atoms with Gasteiger partial charge in [-0.05, 0) is 0 Å². The molecule has 9 nitrogen and oxygen atoms in total. The summed E-state index contributed by atoms with van der Waals surface area (Å²) in [4.78, 5) is 51.4. The van der Waals surface area contributed by atoms with Crippen molar-refractivity contribution in [3.8, 4) is 0 Å². The Kier molecular flexibility index (Phi) is 7.26. The van der Waals surface area contributed by atoms with Crippen molar-refractivity contribution < 1.29 is 29.4 Å². The molecule has 0 saturated carbocycles. The van der Waals surface area contributed by atoms with Crippen LogP contribution in [-0.4, -0.2) is 61.4 Å². The van der Waals surface area contributed by atoms with Crippen molar-refractivity contribution in [3.05, 3.63) is 18.2 Å². The van der Waals surface area contributed by atoms with Crippen molar-refractivity contribution in [2.45, 2.75) is 19.4 Å². The van der Waals surface area contributed by atoms with Crippen LogP contribution in [0.4, 0.5) is 0 Å². The Morgan fingerprint density at radius 2 is 2.00 bits per heavy atom. The minimum atomic E-state index is -1.19. The zero-order chi connectivity index (χ0) is 17.4. The molecule has 10 heteroatoms. The van der Waals surface area contributed by atoms with Gasteiger partial charge in [-0.15, -0.1) is 0 Å². The van der Waals surface area contributed by atoms with Gasteiger partial charge < -0.3 is 20.5 Å². The maximum absolute atomic E-state index is 12.2. The quantitative estimate of drug-likeness (QED) is 0.434. The number of thioether (sulfide) groups is 1. The van der Waals surface area contributed by atoms with E-state index in [4.69, 9.17) is 10.2 Å². The van der Waals surface area contributed by atoms with Crippen molar-refractivity contribution in [3.63, 3.8) is 0 Å². The fourth-order valence-electron chi connectivity index (χ4n) is 1.78. The van der Waals surface area contributed by atoms with Crippen molar-refractivity contribution in [2.75, 3.05) is 11.5 Å². The summed E-state index contributed by atoms with van der Waals surface area (Å²) < 4.78 is 0. The molecular formula is C13H17N3O6S. The lowest BCUT2D eigenvalue weighted by Gasteiger charge is -2.15. The summed E-state index contributed by atoms with van der Waals surface area (Å²) in [6, 6.07) is -1.10. The van der Waals surface area contributed by atoms with Crippen LogP contribution in [0, 0.1) is 5.92 Å². The highest BCUT2D eigenvalue weighted by atomic mass is 32.2. The molecule has 1 unspecified atom stereocenters. The molecule has 0 fully saturated rings. The summed E-state index contributed by atoms with van der Waals surface area (Å²) in [5.74, 6) is -3.90. The smallest absolute Gasteiger partial charge is 0.327 e. The summed E-state index contributed by atoms with van der Waals surface area (Å²) in [7, 11) is 0. The number of nitrogens with zero attached hydrogens (tertiary/aromatic N) is 1. The number of aromatic nitrogens is 2. The summed E-state index contributed by atoms with van der Waals surface area (Å²) in [6.45, 7) is 1.20. The maximum Gasteiger partial charge on any atom is 0.327 e. The highest BCUT2D eigenvalue weighted by Gasteiger charge is 2.26. The fraction of sp³-hybridized carbons (Fsp3) is 0.462. The molecule has 0 radical (unpaired) electrons. The summed E-state index contributed by atoms with van der Waals surface area (Å²) in [5, 5.41) is 20.2. The molecule has 23 heavy (non-hydrogen) atoms. The predicted molar refractivity (Wildman–Crippen MR) is 81.2 cm³/mol. The van der Waals surface area contributed by atoms with E-state index in [9.17, 15) is 19.2 Å². The maximum atomic E-state index is 12.2. The molecule has 0 saturated heterocycles. The Labute approximate surface area is 135 Å². The minimum Gasteiger partial charge on any atom is -0.481 e. The van der Waals surface area contributed by atoms with Crippen molar-refractivity contribution in [1.82, 2.24) is 15.3 Å². The number of imidazole rings is 1. The Hall–Kier alpha value is -2.36. The molecule has 0 aliphatic rings. The van der Waals surface area contributed by atoms with Crippen LogP contribution in [0.3, 0.4) is 0 Å². The molecule has 1 aromatic rings. The number of carbonyl (C=O) groups excluding carboxylic acids is 2. The van der Waals surface area contributed by atoms with E-state index in [2.05, 4.69) is 15.3 Å². The third kappa shape index (κ3) is 6.51. The van der Waals surface area contributed by atoms with Crippen LogP contribution in [0.25, 0.3) is 0 Å². The molecule has 1 aromatic heterocycles. The number of aliphatic carboxylic acids is 2. The van der Waals surface area contributed by atoms with Gasteiger partial charge >= 0.3 is 11.9 Å². The van der Waals surface area contributed by atoms with Crippen LogP contribution >= 0.6 is 11.8 Å². The van der Waals surface area contributed by atoms with Gasteiger partial charge in [0.2, 0.25) is 11.7 Å². The lowest BCUT2D eigenvalue weighted by atomic mass is 10.0. The lowest BCUT2D eigenvalue weighted by molar-refractivity contribution is -0.140. The van der Waals surface area contributed by atoms with Crippen LogP contribution in [0.5, 0.6) is 0 Å². The number of carboxylic acids is 2. The third-order valence-electron chi connectivity index (χ3n) is 2.80. The predicted octanol–water partition coefficient (Wildman–Crippen LogP) is 0.00580. The van der Waals surface area contributed by atoms with E-state index in [0.717, 1.165) is 11.8 Å². The van der Waals surface area contributed by atoms with Crippen LogP contribution in [-0.2, 0) is 14.4 Å². The summed E-state index contributed by atoms with van der Waals surface area (Å²) in [5.41, 5.74) is 0. The normalized spacial score (nSPS) is 13.1. The molecule has 2 atom stereocenters. The first-order valence-corrected chi connectivity index (χ1v) is 7.79.